The van der Waals surface area contributed by atoms with Gasteiger partial charge in [0.25, 0.3) is 0 Å². The number of aromatic nitrogens is 1. The van der Waals surface area contributed by atoms with Gasteiger partial charge in [0.05, 0.1) is 18.0 Å². The summed E-state index contributed by atoms with van der Waals surface area (Å²) in [6, 6.07) is 11.5. The number of carbonyl (C=O) groups is 4. The summed E-state index contributed by atoms with van der Waals surface area (Å²) in [6.07, 6.45) is 6.90. The van der Waals surface area contributed by atoms with E-state index >= 15 is 0 Å². The van der Waals surface area contributed by atoms with Crippen LogP contribution >= 0.6 is 0 Å². The lowest BCUT2D eigenvalue weighted by Gasteiger charge is -2.37. The minimum atomic E-state index is -1.86. The number of carbonyl (C=O) groups excluding carboxylic acids is 3. The number of amides is 3. The van der Waals surface area contributed by atoms with Crippen LogP contribution in [0.1, 0.15) is 71.3 Å². The fraction of sp³-hybridized carbons (Fsp3) is 0.439. The van der Waals surface area contributed by atoms with E-state index < -0.39 is 64.4 Å². The monoisotopic (exact) mass is 722 g/mol. The molecule has 0 unspecified atom stereocenters. The van der Waals surface area contributed by atoms with Crippen molar-refractivity contribution in [3.63, 3.8) is 0 Å². The van der Waals surface area contributed by atoms with Crippen LogP contribution in [0, 0.1) is 23.6 Å². The molecule has 1 spiro atoms. The molecule has 3 aliphatic heterocycles. The molecule has 3 aromatic rings. The van der Waals surface area contributed by atoms with E-state index in [1.54, 1.807) is 39.0 Å². The molecule has 53 heavy (non-hydrogen) atoms. The summed E-state index contributed by atoms with van der Waals surface area (Å²) in [5, 5.41) is 16.7. The van der Waals surface area contributed by atoms with Gasteiger partial charge in [-0.25, -0.2) is 19.0 Å². The lowest BCUT2D eigenvalue weighted by molar-refractivity contribution is -0.148. The number of alkyl carbamates (subject to hydrolysis) is 1. The summed E-state index contributed by atoms with van der Waals surface area (Å²) < 4.78 is 27.0. The number of rotatable bonds is 3. The molecular formula is C41H43FN4O7. The Bertz CT molecular complexity index is 2080. The number of carboxylic acids is 1. The van der Waals surface area contributed by atoms with Crippen LogP contribution in [0.4, 0.5) is 9.18 Å². The number of allylic oxidation sites excluding steroid dienone is 1. The number of hydrogen-bond donors (Lipinski definition) is 3. The van der Waals surface area contributed by atoms with Crippen molar-refractivity contribution in [1.29, 1.82) is 0 Å². The maximum atomic E-state index is 14.7. The quantitative estimate of drug-likeness (QED) is 0.231. The van der Waals surface area contributed by atoms with Crippen molar-refractivity contribution < 1.29 is 38.1 Å². The molecule has 5 atom stereocenters. The summed E-state index contributed by atoms with van der Waals surface area (Å²) in [7, 11) is 0. The van der Waals surface area contributed by atoms with E-state index in [1.165, 1.54) is 17.0 Å². The highest BCUT2D eigenvalue weighted by Gasteiger charge is 2.56. The lowest BCUT2D eigenvalue weighted by Crippen LogP contribution is -2.64. The van der Waals surface area contributed by atoms with E-state index in [0.717, 1.165) is 29.3 Å². The maximum Gasteiger partial charge on any atom is 0.408 e. The molecule has 0 bridgehead atoms. The summed E-state index contributed by atoms with van der Waals surface area (Å²) in [5.74, 6) is 2.33. The number of aliphatic carboxylic acids is 1. The van der Waals surface area contributed by atoms with Gasteiger partial charge in [0.2, 0.25) is 17.4 Å². The second-order valence-corrected chi connectivity index (χ2v) is 15.4. The Hall–Kier alpha value is -5.44. The molecule has 4 aliphatic rings. The minimum Gasteiger partial charge on any atom is -0.483 e. The number of benzene rings is 2. The maximum absolute atomic E-state index is 14.7. The van der Waals surface area contributed by atoms with E-state index in [-0.39, 0.29) is 13.0 Å². The van der Waals surface area contributed by atoms with Gasteiger partial charge in [-0.05, 0) is 71.1 Å². The number of halogens is 1. The van der Waals surface area contributed by atoms with Gasteiger partial charge in [0.1, 0.15) is 40.5 Å². The molecule has 12 heteroatoms. The van der Waals surface area contributed by atoms with Crippen LogP contribution in [-0.4, -0.2) is 74.2 Å². The second-order valence-electron chi connectivity index (χ2n) is 15.4. The first-order valence-corrected chi connectivity index (χ1v) is 18.2. The zero-order valence-electron chi connectivity index (χ0n) is 30.0. The molecule has 3 amide bonds. The van der Waals surface area contributed by atoms with Gasteiger partial charge in [-0.2, -0.15) is 0 Å². The number of ether oxygens (including phenoxy) is 2. The topological polar surface area (TPSA) is 147 Å². The number of pyridine rings is 1. The molecule has 3 N–H and O–H groups in total. The molecule has 1 aliphatic carbocycles. The Morgan fingerprint density at radius 2 is 1.94 bits per heavy atom. The molecule has 1 fully saturated rings. The van der Waals surface area contributed by atoms with Crippen molar-refractivity contribution in [3.8, 4) is 28.8 Å². The number of carboxylic acid groups (broad SMARTS) is 1. The Morgan fingerprint density at radius 1 is 1.13 bits per heavy atom. The summed E-state index contributed by atoms with van der Waals surface area (Å²) in [5.41, 5.74) is -1.22. The first kappa shape index (κ1) is 35.9. The first-order chi connectivity index (χ1) is 25.3. The molecule has 7 rings (SSSR count). The number of nitrogens with one attached hydrogen (secondary N) is 2. The van der Waals surface area contributed by atoms with Crippen LogP contribution in [0.3, 0.4) is 0 Å². The molecule has 0 saturated carbocycles. The van der Waals surface area contributed by atoms with Gasteiger partial charge >= 0.3 is 12.1 Å². The average Bonchev–Trinajstić information content (AvgIpc) is 3.47. The Labute approximate surface area is 307 Å². The van der Waals surface area contributed by atoms with E-state index in [9.17, 15) is 28.7 Å². The zero-order chi connectivity index (χ0) is 37.5. The molecule has 0 radical (unpaired) electrons. The smallest absolute Gasteiger partial charge is 0.408 e. The molecule has 276 valence electrons. The van der Waals surface area contributed by atoms with Crippen LogP contribution < -0.4 is 15.4 Å². The largest absolute Gasteiger partial charge is 0.483 e. The number of fused-ring (bicyclic) bond motifs is 5. The van der Waals surface area contributed by atoms with Gasteiger partial charge in [-0.1, -0.05) is 67.2 Å². The van der Waals surface area contributed by atoms with Gasteiger partial charge in [0, 0.05) is 22.9 Å². The molecule has 1 saturated heterocycles. The summed E-state index contributed by atoms with van der Waals surface area (Å²) in [4.78, 5) is 61.1. The molecule has 4 heterocycles. The highest BCUT2D eigenvalue weighted by Crippen LogP contribution is 2.47. The van der Waals surface area contributed by atoms with Crippen molar-refractivity contribution in [2.24, 2.45) is 5.92 Å². The van der Waals surface area contributed by atoms with E-state index in [2.05, 4.69) is 22.5 Å². The summed E-state index contributed by atoms with van der Waals surface area (Å²) >= 11 is 0. The van der Waals surface area contributed by atoms with Crippen LogP contribution in [0.5, 0.6) is 5.75 Å². The second kappa shape index (κ2) is 13.8. The molecule has 2 aromatic carbocycles. The third kappa shape index (κ3) is 7.04. The van der Waals surface area contributed by atoms with E-state index in [1.807, 2.05) is 30.3 Å². The van der Waals surface area contributed by atoms with Crippen LogP contribution in [0.15, 0.2) is 60.7 Å². The number of nitrogens with zero attached hydrogens (tertiary/aromatic N) is 2. The predicted molar refractivity (Wildman–Crippen MR) is 194 cm³/mol. The Balaban J connectivity index is 1.29. The third-order valence-electron chi connectivity index (χ3n) is 10.4. The van der Waals surface area contributed by atoms with Crippen molar-refractivity contribution in [2.45, 2.75) is 101 Å². The predicted octanol–water partition coefficient (Wildman–Crippen LogP) is 5.69. The summed E-state index contributed by atoms with van der Waals surface area (Å²) in [6.45, 7) is 5.16. The third-order valence-corrected chi connectivity index (χ3v) is 10.4. The standard InChI is InChI=1S/C41H43FN4O7/c1-39(2,3)53-38(51)44-31-17-8-6-4-5-7-13-26-18-21-41(26,37(49)50)45-35(47)32-23-40(24-46(32)36(31)48)20-19-29-28-15-9-10-16-30(28)43-33(34(29)52-40)25-12-11-14-27(42)22-25/h7,9-16,22,26,31-32H,4-6,8,17,19-20,23-24H2,1-3H3,(H,44,51)(H,45,47)(H,49,50)/b13-7-/t26-,31+,32+,40-,41-/m1/s1. The highest BCUT2D eigenvalue weighted by atomic mass is 19.1. The van der Waals surface area contributed by atoms with Crippen LogP contribution in [-0.2, 0) is 25.5 Å². The minimum absolute atomic E-state index is 0.0274. The Kier molecular flexibility index (Phi) is 9.39. The van der Waals surface area contributed by atoms with Gasteiger partial charge < -0.3 is 30.1 Å². The first-order valence-electron chi connectivity index (χ1n) is 18.2. The van der Waals surface area contributed by atoms with Crippen LogP contribution in [0.25, 0.3) is 22.2 Å². The average molecular weight is 723 g/mol. The SMILES string of the molecule is CC(C)(C)OC(=O)N[C@H]1CCCCC/C=C\[C@@H]2C#C[C@@]2(C(=O)O)NC(=O)[C@@H]2C[C@]3(CCc4c(c(-c5cccc(F)c5)nc5ccccc45)O3)CN2C1=O. The number of aryl methyl sites for hydroxylation is 1. The molecular weight excluding hydrogens is 679 g/mol. The van der Waals surface area contributed by atoms with Gasteiger partial charge in [0.15, 0.2) is 0 Å². The fourth-order valence-corrected chi connectivity index (χ4v) is 7.79. The lowest BCUT2D eigenvalue weighted by atomic mass is 9.76. The van der Waals surface area contributed by atoms with Crippen molar-refractivity contribution in [2.75, 3.05) is 6.54 Å². The fourth-order valence-electron chi connectivity index (χ4n) is 7.79. The van der Waals surface area contributed by atoms with Gasteiger partial charge in [-0.3, -0.25) is 9.59 Å². The van der Waals surface area contributed by atoms with Crippen molar-refractivity contribution in [3.05, 3.63) is 72.1 Å². The van der Waals surface area contributed by atoms with Crippen LogP contribution in [0.2, 0.25) is 0 Å². The zero-order valence-corrected chi connectivity index (χ0v) is 30.0. The van der Waals surface area contributed by atoms with Crippen molar-refractivity contribution in [1.82, 2.24) is 20.5 Å². The molecule has 11 nitrogen and oxygen atoms in total. The number of para-hydroxylation sites is 1. The Morgan fingerprint density at radius 3 is 2.68 bits per heavy atom. The van der Waals surface area contributed by atoms with Gasteiger partial charge in [-0.15, -0.1) is 0 Å². The highest BCUT2D eigenvalue weighted by molar-refractivity contribution is 5.98. The van der Waals surface area contributed by atoms with Crippen molar-refractivity contribution >= 4 is 34.8 Å². The van der Waals surface area contributed by atoms with E-state index in [4.69, 9.17) is 14.5 Å². The normalized spacial score (nSPS) is 27.6. The molecule has 1 aromatic heterocycles. The van der Waals surface area contributed by atoms with E-state index in [0.29, 0.717) is 49.1 Å². The number of hydrogen-bond acceptors (Lipinski definition) is 7.